The number of carbonyl (C=O) groups is 1. The summed E-state index contributed by atoms with van der Waals surface area (Å²) in [6.45, 7) is 3.76. The Hall–Kier alpha value is -1.69. The number of alkyl halides is 2. The summed E-state index contributed by atoms with van der Waals surface area (Å²) in [5.41, 5.74) is 0.574. The van der Waals surface area contributed by atoms with Crippen LogP contribution in [0.5, 0.6) is 5.75 Å². The third-order valence-electron chi connectivity index (χ3n) is 3.67. The molecule has 0 unspecified atom stereocenters. The van der Waals surface area contributed by atoms with E-state index in [4.69, 9.17) is 0 Å². The zero-order valence-corrected chi connectivity index (χ0v) is 12.9. The Labute approximate surface area is 129 Å². The molecule has 0 aliphatic carbocycles. The van der Waals surface area contributed by atoms with Gasteiger partial charge >= 0.3 is 6.61 Å². The molecule has 0 aromatic heterocycles. The third-order valence-corrected chi connectivity index (χ3v) is 3.67. The van der Waals surface area contributed by atoms with Crippen LogP contribution < -0.4 is 10.1 Å². The normalized spacial score (nSPS) is 22.6. The summed E-state index contributed by atoms with van der Waals surface area (Å²) >= 11 is 0. The van der Waals surface area contributed by atoms with E-state index in [0.29, 0.717) is 24.1 Å². The molecule has 0 spiro atoms. The van der Waals surface area contributed by atoms with Crippen molar-refractivity contribution in [3.05, 3.63) is 24.3 Å². The number of halogens is 2. The minimum atomic E-state index is -2.84. The van der Waals surface area contributed by atoms with Crippen LogP contribution in [-0.2, 0) is 4.79 Å². The van der Waals surface area contributed by atoms with E-state index < -0.39 is 6.61 Å². The highest BCUT2D eigenvalue weighted by Gasteiger charge is 2.23. The first kappa shape index (κ1) is 16.7. The van der Waals surface area contributed by atoms with Crippen molar-refractivity contribution in [1.29, 1.82) is 0 Å². The van der Waals surface area contributed by atoms with Crippen LogP contribution in [0.15, 0.2) is 24.3 Å². The van der Waals surface area contributed by atoms with Crippen molar-refractivity contribution in [3.63, 3.8) is 0 Å². The minimum Gasteiger partial charge on any atom is -0.435 e. The van der Waals surface area contributed by atoms with Crippen LogP contribution in [0.3, 0.4) is 0 Å². The molecule has 1 aliphatic rings. The lowest BCUT2D eigenvalue weighted by molar-refractivity contribution is -0.117. The van der Waals surface area contributed by atoms with Crippen LogP contribution in [0.4, 0.5) is 14.5 Å². The summed E-state index contributed by atoms with van der Waals surface area (Å²) in [6, 6.07) is 5.92. The molecule has 1 aromatic rings. The lowest BCUT2D eigenvalue weighted by Gasteiger charge is -2.34. The number of anilines is 1. The SMILES string of the molecule is C[C@@H]1C[C@H](C)CN(CC(=O)Nc2ccc(OC(F)F)cc2)C1. The molecule has 1 heterocycles. The van der Waals surface area contributed by atoms with E-state index in [1.54, 1.807) is 12.1 Å². The van der Waals surface area contributed by atoms with Gasteiger partial charge in [-0.1, -0.05) is 13.8 Å². The average Bonchev–Trinajstić information content (AvgIpc) is 2.39. The third kappa shape index (κ3) is 5.26. The number of rotatable bonds is 5. The summed E-state index contributed by atoms with van der Waals surface area (Å²) in [6.07, 6.45) is 1.20. The summed E-state index contributed by atoms with van der Waals surface area (Å²) < 4.78 is 28.4. The maximum atomic E-state index is 12.1. The van der Waals surface area contributed by atoms with E-state index in [1.807, 2.05) is 0 Å². The van der Waals surface area contributed by atoms with Crippen molar-refractivity contribution in [2.24, 2.45) is 11.8 Å². The van der Waals surface area contributed by atoms with E-state index in [2.05, 4.69) is 28.8 Å². The second-order valence-corrected chi connectivity index (χ2v) is 6.09. The van der Waals surface area contributed by atoms with Gasteiger partial charge in [0.15, 0.2) is 0 Å². The Morgan fingerprint density at radius 3 is 2.41 bits per heavy atom. The van der Waals surface area contributed by atoms with E-state index in [0.717, 1.165) is 13.1 Å². The number of carbonyl (C=O) groups excluding carboxylic acids is 1. The van der Waals surface area contributed by atoms with Crippen LogP contribution in [0, 0.1) is 11.8 Å². The van der Waals surface area contributed by atoms with Gasteiger partial charge in [-0.05, 0) is 42.5 Å². The summed E-state index contributed by atoms with van der Waals surface area (Å²) in [7, 11) is 0. The molecule has 0 radical (unpaired) electrons. The van der Waals surface area contributed by atoms with E-state index in [1.165, 1.54) is 18.6 Å². The maximum absolute atomic E-state index is 12.1. The molecule has 0 saturated carbocycles. The standard InChI is InChI=1S/C16H22F2N2O2/c1-11-7-12(2)9-20(8-11)10-15(21)19-13-3-5-14(6-4-13)22-16(17)18/h3-6,11-12,16H,7-10H2,1-2H3,(H,19,21)/t11-,12+. The van der Waals surface area contributed by atoms with E-state index in [9.17, 15) is 13.6 Å². The van der Waals surface area contributed by atoms with E-state index in [-0.39, 0.29) is 11.7 Å². The molecule has 0 bridgehead atoms. The molecule has 122 valence electrons. The van der Waals surface area contributed by atoms with Gasteiger partial charge < -0.3 is 10.1 Å². The number of nitrogens with zero attached hydrogens (tertiary/aromatic N) is 1. The molecular weight excluding hydrogens is 290 g/mol. The molecule has 1 aliphatic heterocycles. The Bertz CT molecular complexity index is 483. The van der Waals surface area contributed by atoms with Crippen LogP contribution >= 0.6 is 0 Å². The molecule has 6 heteroatoms. The topological polar surface area (TPSA) is 41.6 Å². The molecule has 2 rings (SSSR count). The van der Waals surface area contributed by atoms with Gasteiger partial charge in [-0.3, -0.25) is 9.69 Å². The van der Waals surface area contributed by atoms with Crippen molar-refractivity contribution in [2.75, 3.05) is 25.0 Å². The summed E-state index contributed by atoms with van der Waals surface area (Å²) in [5, 5.41) is 2.78. The van der Waals surface area contributed by atoms with Crippen LogP contribution in [-0.4, -0.2) is 37.1 Å². The first-order chi connectivity index (χ1) is 10.4. The van der Waals surface area contributed by atoms with Crippen LogP contribution in [0.2, 0.25) is 0 Å². The van der Waals surface area contributed by atoms with Gasteiger partial charge in [0.25, 0.3) is 0 Å². The molecular formula is C16H22F2N2O2. The Balaban J connectivity index is 1.84. The lowest BCUT2D eigenvalue weighted by Crippen LogP contribution is -2.42. The predicted octanol–water partition coefficient (Wildman–Crippen LogP) is 3.20. The van der Waals surface area contributed by atoms with Crippen molar-refractivity contribution in [2.45, 2.75) is 26.9 Å². The van der Waals surface area contributed by atoms with Crippen molar-refractivity contribution < 1.29 is 18.3 Å². The number of amides is 1. The fraction of sp³-hybridized carbons (Fsp3) is 0.562. The van der Waals surface area contributed by atoms with Gasteiger partial charge in [0, 0.05) is 18.8 Å². The molecule has 1 aromatic carbocycles. The Kier molecular flexibility index (Phi) is 5.71. The van der Waals surface area contributed by atoms with Crippen LogP contribution in [0.1, 0.15) is 20.3 Å². The molecule has 1 fully saturated rings. The predicted molar refractivity (Wildman–Crippen MR) is 81.1 cm³/mol. The fourth-order valence-corrected chi connectivity index (χ4v) is 3.04. The van der Waals surface area contributed by atoms with Gasteiger partial charge in [-0.2, -0.15) is 8.78 Å². The fourth-order valence-electron chi connectivity index (χ4n) is 3.04. The van der Waals surface area contributed by atoms with Crippen molar-refractivity contribution in [3.8, 4) is 5.75 Å². The average molecular weight is 312 g/mol. The number of hydrogen-bond acceptors (Lipinski definition) is 3. The first-order valence-corrected chi connectivity index (χ1v) is 7.49. The van der Waals surface area contributed by atoms with Crippen molar-refractivity contribution in [1.82, 2.24) is 4.90 Å². The zero-order valence-electron chi connectivity index (χ0n) is 12.9. The van der Waals surface area contributed by atoms with Gasteiger partial charge in [-0.15, -0.1) is 0 Å². The second kappa shape index (κ2) is 7.54. The first-order valence-electron chi connectivity index (χ1n) is 7.49. The number of piperidine rings is 1. The molecule has 1 N–H and O–H groups in total. The smallest absolute Gasteiger partial charge is 0.387 e. The monoisotopic (exact) mass is 312 g/mol. The maximum Gasteiger partial charge on any atom is 0.387 e. The molecule has 4 nitrogen and oxygen atoms in total. The summed E-state index contributed by atoms with van der Waals surface area (Å²) in [5.74, 6) is 1.18. The molecule has 2 atom stereocenters. The number of likely N-dealkylation sites (tertiary alicyclic amines) is 1. The van der Waals surface area contributed by atoms with Gasteiger partial charge in [0.1, 0.15) is 5.75 Å². The quantitative estimate of drug-likeness (QED) is 0.908. The largest absolute Gasteiger partial charge is 0.435 e. The molecule has 22 heavy (non-hydrogen) atoms. The minimum absolute atomic E-state index is 0.0756. The molecule has 1 saturated heterocycles. The highest BCUT2D eigenvalue weighted by molar-refractivity contribution is 5.92. The van der Waals surface area contributed by atoms with Crippen LogP contribution in [0.25, 0.3) is 0 Å². The Morgan fingerprint density at radius 2 is 1.86 bits per heavy atom. The number of hydrogen-bond donors (Lipinski definition) is 1. The van der Waals surface area contributed by atoms with Crippen molar-refractivity contribution >= 4 is 11.6 Å². The van der Waals surface area contributed by atoms with E-state index >= 15 is 0 Å². The highest BCUT2D eigenvalue weighted by atomic mass is 19.3. The highest BCUT2D eigenvalue weighted by Crippen LogP contribution is 2.21. The second-order valence-electron chi connectivity index (χ2n) is 6.09. The van der Waals surface area contributed by atoms with Gasteiger partial charge in [0.2, 0.25) is 5.91 Å². The number of nitrogens with one attached hydrogen (secondary N) is 1. The van der Waals surface area contributed by atoms with Gasteiger partial charge in [-0.25, -0.2) is 0 Å². The van der Waals surface area contributed by atoms with Gasteiger partial charge in [0.05, 0.1) is 6.54 Å². The zero-order chi connectivity index (χ0) is 16.1. The number of ether oxygens (including phenoxy) is 1. The lowest BCUT2D eigenvalue weighted by atomic mass is 9.92. The molecule has 1 amide bonds. The Morgan fingerprint density at radius 1 is 1.27 bits per heavy atom. The number of benzene rings is 1. The summed E-state index contributed by atoms with van der Waals surface area (Å²) in [4.78, 5) is 14.2.